The number of pyridine rings is 1. The Labute approximate surface area is 144 Å². The van der Waals surface area contributed by atoms with Crippen molar-refractivity contribution in [2.45, 2.75) is 19.9 Å². The van der Waals surface area contributed by atoms with Gasteiger partial charge in [-0.1, -0.05) is 6.92 Å². The van der Waals surface area contributed by atoms with Crippen LogP contribution < -0.4 is 5.32 Å². The first kappa shape index (κ1) is 16.3. The molecule has 0 spiro atoms. The number of thiazole rings is 1. The lowest BCUT2D eigenvalue weighted by Gasteiger charge is -2.12. The summed E-state index contributed by atoms with van der Waals surface area (Å²) in [5.41, 5.74) is 1.76. The summed E-state index contributed by atoms with van der Waals surface area (Å²) in [4.78, 5) is 20.7. The predicted molar refractivity (Wildman–Crippen MR) is 93.4 cm³/mol. The van der Waals surface area contributed by atoms with Crippen LogP contribution in [0.25, 0.3) is 10.6 Å². The van der Waals surface area contributed by atoms with Crippen LogP contribution in [0.2, 0.25) is 0 Å². The molecule has 1 amide bonds. The number of rotatable bonds is 7. The van der Waals surface area contributed by atoms with Gasteiger partial charge in [0.2, 0.25) is 5.91 Å². The van der Waals surface area contributed by atoms with Crippen molar-refractivity contribution in [2.24, 2.45) is 5.92 Å². The lowest BCUT2D eigenvalue weighted by atomic mass is 10.2. The fraction of sp³-hybridized carbons (Fsp3) is 0.294. The maximum Gasteiger partial charge on any atom is 0.226 e. The van der Waals surface area contributed by atoms with E-state index in [2.05, 4.69) is 27.3 Å². The van der Waals surface area contributed by atoms with Crippen LogP contribution in [0.5, 0.6) is 0 Å². The van der Waals surface area contributed by atoms with E-state index in [-0.39, 0.29) is 5.91 Å². The van der Waals surface area contributed by atoms with Crippen molar-refractivity contribution >= 4 is 17.2 Å². The van der Waals surface area contributed by atoms with E-state index < -0.39 is 0 Å². The average molecular weight is 341 g/mol. The molecule has 0 saturated carbocycles. The van der Waals surface area contributed by atoms with Gasteiger partial charge in [0.25, 0.3) is 0 Å². The highest BCUT2D eigenvalue weighted by Gasteiger charge is 2.10. The molecule has 3 rings (SSSR count). The lowest BCUT2D eigenvalue weighted by Crippen LogP contribution is -2.31. The van der Waals surface area contributed by atoms with Gasteiger partial charge in [0, 0.05) is 48.8 Å². The smallest absolute Gasteiger partial charge is 0.226 e. The number of hydrogen-bond donors (Lipinski definition) is 1. The molecular formula is C17H19N5OS. The summed E-state index contributed by atoms with van der Waals surface area (Å²) in [7, 11) is 0. The number of amides is 1. The molecule has 0 fully saturated rings. The molecule has 0 aliphatic rings. The highest BCUT2D eigenvalue weighted by molar-refractivity contribution is 7.13. The molecule has 7 heteroatoms. The second kappa shape index (κ2) is 7.83. The van der Waals surface area contributed by atoms with E-state index in [4.69, 9.17) is 0 Å². The Morgan fingerprint density at radius 2 is 2.29 bits per heavy atom. The van der Waals surface area contributed by atoms with E-state index in [1.807, 2.05) is 34.5 Å². The Balaban J connectivity index is 1.47. The van der Waals surface area contributed by atoms with Crippen LogP contribution in [-0.4, -0.2) is 32.2 Å². The van der Waals surface area contributed by atoms with E-state index in [1.54, 1.807) is 18.6 Å². The molecule has 0 aliphatic carbocycles. The van der Waals surface area contributed by atoms with E-state index in [0.29, 0.717) is 18.9 Å². The third-order valence-corrected chi connectivity index (χ3v) is 4.45. The Morgan fingerprint density at radius 3 is 3.04 bits per heavy atom. The number of nitrogens with zero attached hydrogens (tertiary/aromatic N) is 4. The summed E-state index contributed by atoms with van der Waals surface area (Å²) in [6.07, 6.45) is 7.49. The van der Waals surface area contributed by atoms with Gasteiger partial charge in [0.15, 0.2) is 0 Å². The van der Waals surface area contributed by atoms with Gasteiger partial charge < -0.3 is 5.32 Å². The molecule has 1 unspecified atom stereocenters. The van der Waals surface area contributed by atoms with Crippen molar-refractivity contribution in [1.82, 2.24) is 25.1 Å². The normalized spacial score (nSPS) is 12.0. The lowest BCUT2D eigenvalue weighted by molar-refractivity contribution is -0.120. The van der Waals surface area contributed by atoms with Crippen LogP contribution in [0.1, 0.15) is 12.6 Å². The molecule has 0 bridgehead atoms. The molecule has 24 heavy (non-hydrogen) atoms. The Kier molecular flexibility index (Phi) is 5.32. The average Bonchev–Trinajstić information content (AvgIpc) is 3.26. The van der Waals surface area contributed by atoms with Gasteiger partial charge in [-0.2, -0.15) is 5.10 Å². The van der Waals surface area contributed by atoms with Crippen molar-refractivity contribution in [1.29, 1.82) is 0 Å². The van der Waals surface area contributed by atoms with E-state index in [9.17, 15) is 4.79 Å². The molecule has 0 aliphatic heterocycles. The molecule has 0 aromatic carbocycles. The summed E-state index contributed by atoms with van der Waals surface area (Å²) in [6.45, 7) is 3.50. The zero-order valence-corrected chi connectivity index (χ0v) is 14.2. The van der Waals surface area contributed by atoms with Gasteiger partial charge in [0.1, 0.15) is 5.01 Å². The third-order valence-electron chi connectivity index (χ3n) is 3.51. The minimum absolute atomic E-state index is 0.00893. The van der Waals surface area contributed by atoms with E-state index in [1.165, 1.54) is 11.3 Å². The van der Waals surface area contributed by atoms with Crippen LogP contribution in [0.3, 0.4) is 0 Å². The van der Waals surface area contributed by atoms with Gasteiger partial charge in [-0.15, -0.1) is 11.3 Å². The number of hydrogen-bond acceptors (Lipinski definition) is 5. The zero-order chi connectivity index (χ0) is 16.8. The van der Waals surface area contributed by atoms with Crippen molar-refractivity contribution in [3.05, 3.63) is 54.1 Å². The van der Waals surface area contributed by atoms with Crippen LogP contribution in [0.15, 0.2) is 48.4 Å². The second-order valence-electron chi connectivity index (χ2n) is 5.70. The first-order valence-electron chi connectivity index (χ1n) is 7.79. The van der Waals surface area contributed by atoms with E-state index >= 15 is 0 Å². The molecular weight excluding hydrogens is 322 g/mol. The van der Waals surface area contributed by atoms with Gasteiger partial charge >= 0.3 is 0 Å². The first-order chi connectivity index (χ1) is 11.7. The van der Waals surface area contributed by atoms with Gasteiger partial charge in [-0.3, -0.25) is 14.5 Å². The third kappa shape index (κ3) is 4.48. The Bertz CT molecular complexity index is 769. The van der Waals surface area contributed by atoms with Crippen molar-refractivity contribution in [2.75, 3.05) is 6.54 Å². The molecule has 0 saturated heterocycles. The van der Waals surface area contributed by atoms with Crippen LogP contribution in [0, 0.1) is 5.92 Å². The van der Waals surface area contributed by atoms with Crippen LogP contribution >= 0.6 is 11.3 Å². The van der Waals surface area contributed by atoms with Gasteiger partial charge in [0.05, 0.1) is 12.1 Å². The fourth-order valence-electron chi connectivity index (χ4n) is 2.32. The second-order valence-corrected chi connectivity index (χ2v) is 6.56. The summed E-state index contributed by atoms with van der Waals surface area (Å²) in [5.74, 6) is 0.306. The van der Waals surface area contributed by atoms with Gasteiger partial charge in [-0.25, -0.2) is 4.98 Å². The monoisotopic (exact) mass is 341 g/mol. The highest BCUT2D eigenvalue weighted by atomic mass is 32.1. The van der Waals surface area contributed by atoms with E-state index in [0.717, 1.165) is 22.8 Å². The topological polar surface area (TPSA) is 72.7 Å². The largest absolute Gasteiger partial charge is 0.355 e. The van der Waals surface area contributed by atoms with Gasteiger partial charge in [-0.05, 0) is 24.1 Å². The van der Waals surface area contributed by atoms with Crippen molar-refractivity contribution in [3.63, 3.8) is 0 Å². The highest BCUT2D eigenvalue weighted by Crippen LogP contribution is 2.22. The molecule has 124 valence electrons. The fourth-order valence-corrected chi connectivity index (χ4v) is 3.13. The number of carbonyl (C=O) groups is 1. The quantitative estimate of drug-likeness (QED) is 0.716. The first-order valence-corrected chi connectivity index (χ1v) is 8.67. The van der Waals surface area contributed by atoms with Crippen LogP contribution in [-0.2, 0) is 17.8 Å². The summed E-state index contributed by atoms with van der Waals surface area (Å²) < 4.78 is 1.87. The Hall–Kier alpha value is -2.54. The molecule has 3 aromatic rings. The number of aromatic nitrogens is 4. The number of nitrogens with one attached hydrogen (secondary N) is 1. The minimum Gasteiger partial charge on any atom is -0.355 e. The van der Waals surface area contributed by atoms with Crippen molar-refractivity contribution < 1.29 is 4.79 Å². The summed E-state index contributed by atoms with van der Waals surface area (Å²) in [6, 6.07) is 5.74. The molecule has 1 N–H and O–H groups in total. The molecule has 3 aromatic heterocycles. The SMILES string of the molecule is CC(CNC(=O)Cc1csc(-c2cccnc2)n1)Cn1cccn1. The summed E-state index contributed by atoms with van der Waals surface area (Å²) in [5, 5.41) is 9.95. The molecule has 1 atom stereocenters. The number of carbonyl (C=O) groups excluding carboxylic acids is 1. The molecule has 0 radical (unpaired) electrons. The maximum atomic E-state index is 12.1. The zero-order valence-electron chi connectivity index (χ0n) is 13.4. The maximum absolute atomic E-state index is 12.1. The minimum atomic E-state index is -0.00893. The Morgan fingerprint density at radius 1 is 1.38 bits per heavy atom. The summed E-state index contributed by atoms with van der Waals surface area (Å²) >= 11 is 1.53. The standard InChI is InChI=1S/C17H19N5OS/c1-13(11-22-7-3-6-20-22)9-19-16(23)8-15-12-24-17(21-15)14-4-2-5-18-10-14/h2-7,10,12-13H,8-9,11H2,1H3,(H,19,23). The molecule has 3 heterocycles. The van der Waals surface area contributed by atoms with Crippen LogP contribution in [0.4, 0.5) is 0 Å². The molecule has 6 nitrogen and oxygen atoms in total. The van der Waals surface area contributed by atoms with Crippen molar-refractivity contribution in [3.8, 4) is 10.6 Å². The predicted octanol–water partition coefficient (Wildman–Crippen LogP) is 2.40.